The third-order valence-corrected chi connectivity index (χ3v) is 2.06. The van der Waals surface area contributed by atoms with Gasteiger partial charge in [0, 0.05) is 0 Å². The molecule has 0 saturated carbocycles. The maximum absolute atomic E-state index is 11.0. The van der Waals surface area contributed by atoms with Crippen molar-refractivity contribution in [3.8, 4) is 5.75 Å². The fraction of sp³-hybridized carbons (Fsp3) is 0.222. The summed E-state index contributed by atoms with van der Waals surface area (Å²) >= 11 is 5.70. The van der Waals surface area contributed by atoms with Gasteiger partial charge < -0.3 is 14.9 Å². The van der Waals surface area contributed by atoms with Gasteiger partial charge in [-0.25, -0.2) is 4.79 Å². The van der Waals surface area contributed by atoms with Gasteiger partial charge in [-0.2, -0.15) is 0 Å². The number of phenolic OH excluding ortho intramolecular Hbond substituents is 1. The Balaban J connectivity index is 3.11. The molecule has 0 aliphatic rings. The monoisotopic (exact) mass is 216 g/mol. The van der Waals surface area contributed by atoms with E-state index in [2.05, 4.69) is 4.74 Å². The van der Waals surface area contributed by atoms with E-state index in [0.29, 0.717) is 0 Å². The topological polar surface area (TPSA) is 66.8 Å². The number of rotatable bonds is 2. The number of aliphatic hydroxyl groups is 1. The smallest absolute Gasteiger partial charge is 0.339 e. The largest absolute Gasteiger partial charge is 0.507 e. The summed E-state index contributed by atoms with van der Waals surface area (Å²) in [5.74, 6) is -1.11. The van der Waals surface area contributed by atoms with Gasteiger partial charge in [0.05, 0.1) is 17.7 Å². The molecule has 0 spiro atoms. The van der Waals surface area contributed by atoms with Crippen LogP contribution in [-0.4, -0.2) is 23.3 Å². The average molecular weight is 217 g/mol. The first-order valence-corrected chi connectivity index (χ1v) is 4.19. The van der Waals surface area contributed by atoms with E-state index < -0.39 is 12.1 Å². The third-order valence-electron chi connectivity index (χ3n) is 1.73. The Labute approximate surface area is 85.7 Å². The number of benzene rings is 1. The number of hydrogen-bond donors (Lipinski definition) is 2. The minimum absolute atomic E-state index is 0.0407. The summed E-state index contributed by atoms with van der Waals surface area (Å²) in [6.07, 6.45) is -1.56. The van der Waals surface area contributed by atoms with Crippen LogP contribution >= 0.6 is 11.6 Å². The number of carbonyl (C=O) groups excluding carboxylic acids is 1. The van der Waals surface area contributed by atoms with Crippen molar-refractivity contribution in [1.29, 1.82) is 0 Å². The third kappa shape index (κ3) is 1.97. The predicted octanol–water partition coefficient (Wildman–Crippen LogP) is 1.25. The van der Waals surface area contributed by atoms with Crippen LogP contribution in [0.25, 0.3) is 0 Å². The van der Waals surface area contributed by atoms with Gasteiger partial charge in [-0.1, -0.05) is 17.7 Å². The van der Waals surface area contributed by atoms with Crippen LogP contribution in [0.15, 0.2) is 18.2 Å². The summed E-state index contributed by atoms with van der Waals surface area (Å²) in [5, 5.41) is 18.9. The van der Waals surface area contributed by atoms with E-state index in [1.54, 1.807) is 0 Å². The van der Waals surface area contributed by atoms with Gasteiger partial charge in [0.1, 0.15) is 5.75 Å². The van der Waals surface area contributed by atoms with Crippen LogP contribution in [0.4, 0.5) is 0 Å². The molecule has 14 heavy (non-hydrogen) atoms. The number of methoxy groups -OCH3 is 1. The first kappa shape index (κ1) is 10.8. The molecule has 1 aromatic carbocycles. The van der Waals surface area contributed by atoms with Gasteiger partial charge in [0.25, 0.3) is 0 Å². The Morgan fingerprint density at radius 3 is 2.71 bits per heavy atom. The molecular weight excluding hydrogens is 208 g/mol. The van der Waals surface area contributed by atoms with Crippen molar-refractivity contribution in [1.82, 2.24) is 0 Å². The highest BCUT2D eigenvalue weighted by molar-refractivity contribution is 6.31. The fourth-order valence-corrected chi connectivity index (χ4v) is 1.30. The lowest BCUT2D eigenvalue weighted by Crippen LogP contribution is -2.14. The minimum atomic E-state index is -1.56. The van der Waals surface area contributed by atoms with E-state index in [4.69, 9.17) is 11.6 Å². The highest BCUT2D eigenvalue weighted by atomic mass is 35.5. The average Bonchev–Trinajstić information content (AvgIpc) is 2.16. The molecule has 4 nitrogen and oxygen atoms in total. The number of aliphatic hydroxyl groups excluding tert-OH is 1. The van der Waals surface area contributed by atoms with Crippen LogP contribution in [0.1, 0.15) is 11.7 Å². The second-order valence-electron chi connectivity index (χ2n) is 2.60. The highest BCUT2D eigenvalue weighted by Crippen LogP contribution is 2.31. The summed E-state index contributed by atoms with van der Waals surface area (Å²) in [6, 6.07) is 4.29. The second kappa shape index (κ2) is 4.30. The zero-order valence-electron chi connectivity index (χ0n) is 7.40. The van der Waals surface area contributed by atoms with Crippen molar-refractivity contribution in [2.45, 2.75) is 6.10 Å². The maximum Gasteiger partial charge on any atom is 0.339 e. The van der Waals surface area contributed by atoms with Gasteiger partial charge in [0.2, 0.25) is 0 Å². The predicted molar refractivity (Wildman–Crippen MR) is 50.1 cm³/mol. The SMILES string of the molecule is COC(=O)C(O)c1c(O)cccc1Cl. The standard InChI is InChI=1S/C9H9ClO4/c1-14-9(13)8(12)7-5(10)3-2-4-6(7)11/h2-4,8,11-12H,1H3. The van der Waals surface area contributed by atoms with Crippen LogP contribution in [0, 0.1) is 0 Å². The Kier molecular flexibility index (Phi) is 3.33. The zero-order valence-corrected chi connectivity index (χ0v) is 8.15. The molecule has 5 heteroatoms. The molecule has 0 heterocycles. The number of aromatic hydroxyl groups is 1. The van der Waals surface area contributed by atoms with E-state index in [1.165, 1.54) is 18.2 Å². The number of carbonyl (C=O) groups is 1. The van der Waals surface area contributed by atoms with Gasteiger partial charge >= 0.3 is 5.97 Å². The van der Waals surface area contributed by atoms with Gasteiger partial charge in [-0.3, -0.25) is 0 Å². The summed E-state index contributed by atoms with van der Waals surface area (Å²) in [6.45, 7) is 0. The molecule has 1 rings (SSSR count). The minimum Gasteiger partial charge on any atom is -0.507 e. The van der Waals surface area contributed by atoms with Crippen molar-refractivity contribution in [3.63, 3.8) is 0 Å². The molecule has 1 aromatic rings. The number of hydrogen-bond acceptors (Lipinski definition) is 4. The van der Waals surface area contributed by atoms with Crippen LogP contribution in [0.3, 0.4) is 0 Å². The molecule has 0 amide bonds. The second-order valence-corrected chi connectivity index (χ2v) is 3.01. The van der Waals surface area contributed by atoms with E-state index in [0.717, 1.165) is 7.11 Å². The van der Waals surface area contributed by atoms with Crippen molar-refractivity contribution in [2.24, 2.45) is 0 Å². The lowest BCUT2D eigenvalue weighted by Gasteiger charge is -2.11. The number of ether oxygens (including phenoxy) is 1. The quantitative estimate of drug-likeness (QED) is 0.731. The first-order chi connectivity index (χ1) is 6.57. The van der Waals surface area contributed by atoms with E-state index >= 15 is 0 Å². The van der Waals surface area contributed by atoms with Crippen LogP contribution in [0.2, 0.25) is 5.02 Å². The van der Waals surface area contributed by atoms with Crippen LogP contribution in [-0.2, 0) is 9.53 Å². The van der Waals surface area contributed by atoms with Crippen LogP contribution < -0.4 is 0 Å². The molecule has 0 aromatic heterocycles. The zero-order chi connectivity index (χ0) is 10.7. The first-order valence-electron chi connectivity index (χ1n) is 3.81. The van der Waals surface area contributed by atoms with Gasteiger partial charge in [-0.15, -0.1) is 0 Å². The summed E-state index contributed by atoms with van der Waals surface area (Å²) in [4.78, 5) is 11.0. The molecule has 0 aliphatic carbocycles. The normalized spacial score (nSPS) is 12.2. The molecule has 1 atom stereocenters. The molecule has 0 bridgehead atoms. The molecule has 1 unspecified atom stereocenters. The molecule has 0 fully saturated rings. The molecular formula is C9H9ClO4. The molecule has 76 valence electrons. The highest BCUT2D eigenvalue weighted by Gasteiger charge is 2.23. The molecule has 0 saturated heterocycles. The van der Waals surface area contributed by atoms with Gasteiger partial charge in [-0.05, 0) is 12.1 Å². The van der Waals surface area contributed by atoms with Gasteiger partial charge in [0.15, 0.2) is 6.10 Å². The summed E-state index contributed by atoms with van der Waals surface area (Å²) < 4.78 is 4.32. The number of esters is 1. The summed E-state index contributed by atoms with van der Waals surface area (Å²) in [5.41, 5.74) is -0.0407. The summed E-state index contributed by atoms with van der Waals surface area (Å²) in [7, 11) is 1.14. The van der Waals surface area contributed by atoms with E-state index in [9.17, 15) is 15.0 Å². The van der Waals surface area contributed by atoms with Crippen molar-refractivity contribution < 1.29 is 19.7 Å². The lowest BCUT2D eigenvalue weighted by molar-refractivity contribution is -0.150. The molecule has 2 N–H and O–H groups in total. The molecule has 0 radical (unpaired) electrons. The van der Waals surface area contributed by atoms with Crippen molar-refractivity contribution >= 4 is 17.6 Å². The Morgan fingerprint density at radius 1 is 1.57 bits per heavy atom. The van der Waals surface area contributed by atoms with Crippen molar-refractivity contribution in [2.75, 3.05) is 7.11 Å². The lowest BCUT2D eigenvalue weighted by atomic mass is 10.1. The Hall–Kier alpha value is -1.26. The fourth-order valence-electron chi connectivity index (χ4n) is 1.03. The Morgan fingerprint density at radius 2 is 2.21 bits per heavy atom. The number of phenols is 1. The van der Waals surface area contributed by atoms with Crippen LogP contribution in [0.5, 0.6) is 5.75 Å². The molecule has 0 aliphatic heterocycles. The maximum atomic E-state index is 11.0. The van der Waals surface area contributed by atoms with E-state index in [-0.39, 0.29) is 16.3 Å². The van der Waals surface area contributed by atoms with Crippen molar-refractivity contribution in [3.05, 3.63) is 28.8 Å². The Bertz CT molecular complexity index is 330. The van der Waals surface area contributed by atoms with E-state index in [1.807, 2.05) is 0 Å². The number of halogens is 1.